The Kier molecular flexibility index (Phi) is 2.61. The van der Waals surface area contributed by atoms with Gasteiger partial charge in [0.25, 0.3) is 0 Å². The average Bonchev–Trinajstić information content (AvgIpc) is 2.18. The van der Waals surface area contributed by atoms with Gasteiger partial charge in [0.1, 0.15) is 5.75 Å². The van der Waals surface area contributed by atoms with Crippen LogP contribution in [0.25, 0.3) is 10.4 Å². The lowest BCUT2D eigenvalue weighted by Crippen LogP contribution is -2.12. The molecule has 0 amide bonds. The fourth-order valence-electron chi connectivity index (χ4n) is 1.53. The van der Waals surface area contributed by atoms with E-state index in [1.807, 2.05) is 18.2 Å². The van der Waals surface area contributed by atoms with Crippen LogP contribution in [0.1, 0.15) is 18.0 Å². The highest BCUT2D eigenvalue weighted by atomic mass is 79.9. The van der Waals surface area contributed by atoms with Crippen molar-refractivity contribution in [2.45, 2.75) is 12.5 Å². The van der Waals surface area contributed by atoms with Crippen molar-refractivity contribution in [2.24, 2.45) is 5.11 Å². The van der Waals surface area contributed by atoms with Crippen molar-refractivity contribution in [2.75, 3.05) is 6.61 Å². The largest absolute Gasteiger partial charge is 0.493 e. The Labute approximate surface area is 89.6 Å². The van der Waals surface area contributed by atoms with Crippen molar-refractivity contribution >= 4 is 15.9 Å². The van der Waals surface area contributed by atoms with E-state index in [1.165, 1.54) is 0 Å². The molecule has 0 saturated heterocycles. The molecule has 72 valence electrons. The topological polar surface area (TPSA) is 58.0 Å². The van der Waals surface area contributed by atoms with E-state index in [0.29, 0.717) is 6.61 Å². The summed E-state index contributed by atoms with van der Waals surface area (Å²) >= 11 is 3.37. The molecule has 2 rings (SSSR count). The molecule has 4 nitrogen and oxygen atoms in total. The van der Waals surface area contributed by atoms with Gasteiger partial charge in [0.05, 0.1) is 12.6 Å². The summed E-state index contributed by atoms with van der Waals surface area (Å²) in [5, 5.41) is 3.74. The molecule has 5 heteroatoms. The Morgan fingerprint density at radius 3 is 3.21 bits per heavy atom. The van der Waals surface area contributed by atoms with Gasteiger partial charge in [0.2, 0.25) is 0 Å². The second-order valence-electron chi connectivity index (χ2n) is 3.04. The maximum Gasteiger partial charge on any atom is 0.124 e. The molecule has 1 atom stereocenters. The minimum Gasteiger partial charge on any atom is -0.493 e. The minimum atomic E-state index is -0.0863. The van der Waals surface area contributed by atoms with Gasteiger partial charge in [-0.25, -0.2) is 0 Å². The lowest BCUT2D eigenvalue weighted by atomic mass is 10.0. The highest BCUT2D eigenvalue weighted by Crippen LogP contribution is 2.36. The summed E-state index contributed by atoms with van der Waals surface area (Å²) in [6, 6.07) is 5.66. The number of azide groups is 1. The summed E-state index contributed by atoms with van der Waals surface area (Å²) in [6.07, 6.45) is 0.749. The van der Waals surface area contributed by atoms with Crippen molar-refractivity contribution in [3.05, 3.63) is 38.7 Å². The van der Waals surface area contributed by atoms with Gasteiger partial charge in [-0.05, 0) is 24.1 Å². The number of rotatable bonds is 1. The van der Waals surface area contributed by atoms with Crippen molar-refractivity contribution in [3.63, 3.8) is 0 Å². The van der Waals surface area contributed by atoms with Crippen molar-refractivity contribution in [1.82, 2.24) is 0 Å². The van der Waals surface area contributed by atoms with Crippen LogP contribution in [0, 0.1) is 0 Å². The number of fused-ring (bicyclic) bond motifs is 1. The number of nitrogens with zero attached hydrogens (tertiary/aromatic N) is 3. The summed E-state index contributed by atoms with van der Waals surface area (Å²) in [5.41, 5.74) is 9.38. The van der Waals surface area contributed by atoms with E-state index >= 15 is 0 Å². The molecule has 0 saturated carbocycles. The Balaban J connectivity index is 2.44. The first-order valence-electron chi connectivity index (χ1n) is 4.27. The van der Waals surface area contributed by atoms with Crippen LogP contribution < -0.4 is 4.74 Å². The fourth-order valence-corrected chi connectivity index (χ4v) is 1.87. The monoisotopic (exact) mass is 253 g/mol. The molecule has 0 N–H and O–H groups in total. The minimum absolute atomic E-state index is 0.0863. The first-order chi connectivity index (χ1) is 6.81. The van der Waals surface area contributed by atoms with Crippen LogP contribution in [0.4, 0.5) is 0 Å². The molecular weight excluding hydrogens is 246 g/mol. The number of benzene rings is 1. The van der Waals surface area contributed by atoms with Crippen LogP contribution in [0.5, 0.6) is 5.75 Å². The summed E-state index contributed by atoms with van der Waals surface area (Å²) in [7, 11) is 0. The van der Waals surface area contributed by atoms with Gasteiger partial charge in [-0.15, -0.1) is 0 Å². The van der Waals surface area contributed by atoms with Gasteiger partial charge in [0.15, 0.2) is 0 Å². The predicted octanol–water partition coefficient (Wildman–Crippen LogP) is 3.58. The van der Waals surface area contributed by atoms with Crippen LogP contribution in [0.15, 0.2) is 27.8 Å². The second-order valence-corrected chi connectivity index (χ2v) is 3.96. The highest BCUT2D eigenvalue weighted by Gasteiger charge is 2.19. The van der Waals surface area contributed by atoms with Crippen LogP contribution in [-0.2, 0) is 0 Å². The second kappa shape index (κ2) is 3.90. The zero-order valence-electron chi connectivity index (χ0n) is 7.35. The van der Waals surface area contributed by atoms with Gasteiger partial charge >= 0.3 is 0 Å². The van der Waals surface area contributed by atoms with Crippen molar-refractivity contribution < 1.29 is 4.74 Å². The molecule has 1 unspecified atom stereocenters. The van der Waals surface area contributed by atoms with E-state index in [1.54, 1.807) is 0 Å². The normalized spacial score (nSPS) is 19.1. The Morgan fingerprint density at radius 1 is 1.57 bits per heavy atom. The Hall–Kier alpha value is -1.19. The lowest BCUT2D eigenvalue weighted by Gasteiger charge is -2.22. The Bertz CT molecular complexity index is 401. The molecule has 14 heavy (non-hydrogen) atoms. The third-order valence-electron chi connectivity index (χ3n) is 2.17. The molecule has 1 aliphatic rings. The number of halogens is 1. The van der Waals surface area contributed by atoms with E-state index in [4.69, 9.17) is 10.3 Å². The molecule has 0 spiro atoms. The maximum absolute atomic E-state index is 8.41. The summed E-state index contributed by atoms with van der Waals surface area (Å²) in [4.78, 5) is 2.84. The highest BCUT2D eigenvalue weighted by molar-refractivity contribution is 9.10. The van der Waals surface area contributed by atoms with E-state index in [-0.39, 0.29) is 6.04 Å². The summed E-state index contributed by atoms with van der Waals surface area (Å²) in [6.45, 7) is 0.604. The van der Waals surface area contributed by atoms with Crippen LogP contribution >= 0.6 is 15.9 Å². The SMILES string of the molecule is [N-]=[N+]=NC1CCOc2cc(Br)ccc21. The average molecular weight is 254 g/mol. The number of hydrogen-bond acceptors (Lipinski definition) is 2. The van der Waals surface area contributed by atoms with E-state index in [0.717, 1.165) is 22.2 Å². The van der Waals surface area contributed by atoms with Gasteiger partial charge in [-0.1, -0.05) is 27.1 Å². The molecule has 1 heterocycles. The van der Waals surface area contributed by atoms with Gasteiger partial charge in [0, 0.05) is 14.9 Å². The molecule has 0 aliphatic carbocycles. The van der Waals surface area contributed by atoms with Gasteiger partial charge in [-0.2, -0.15) is 0 Å². The lowest BCUT2D eigenvalue weighted by molar-refractivity contribution is 0.269. The zero-order valence-corrected chi connectivity index (χ0v) is 8.94. The molecular formula is C9H8BrN3O. The molecule has 1 aromatic rings. The quantitative estimate of drug-likeness (QED) is 0.429. The Morgan fingerprint density at radius 2 is 2.43 bits per heavy atom. The van der Waals surface area contributed by atoms with Crippen molar-refractivity contribution in [3.8, 4) is 5.75 Å². The van der Waals surface area contributed by atoms with Crippen molar-refractivity contribution in [1.29, 1.82) is 0 Å². The standard InChI is InChI=1S/C9H8BrN3O/c10-6-1-2-7-8(12-13-11)3-4-14-9(7)5-6/h1-2,5,8H,3-4H2. The van der Waals surface area contributed by atoms with Crippen LogP contribution in [-0.4, -0.2) is 6.61 Å². The zero-order chi connectivity index (χ0) is 9.97. The molecule has 1 aliphatic heterocycles. The molecule has 0 radical (unpaired) electrons. The third kappa shape index (κ3) is 1.69. The van der Waals surface area contributed by atoms with E-state index < -0.39 is 0 Å². The number of hydrogen-bond donors (Lipinski definition) is 0. The molecule has 0 bridgehead atoms. The van der Waals surface area contributed by atoms with E-state index in [9.17, 15) is 0 Å². The summed E-state index contributed by atoms with van der Waals surface area (Å²) in [5.74, 6) is 0.808. The first-order valence-corrected chi connectivity index (χ1v) is 5.07. The third-order valence-corrected chi connectivity index (χ3v) is 2.67. The predicted molar refractivity (Wildman–Crippen MR) is 56.1 cm³/mol. The number of ether oxygens (including phenoxy) is 1. The van der Waals surface area contributed by atoms with Crippen LogP contribution in [0.2, 0.25) is 0 Å². The maximum atomic E-state index is 8.41. The fraction of sp³-hybridized carbons (Fsp3) is 0.333. The molecule has 0 fully saturated rings. The van der Waals surface area contributed by atoms with E-state index in [2.05, 4.69) is 26.0 Å². The first kappa shape index (κ1) is 9.37. The molecule has 1 aromatic carbocycles. The van der Waals surface area contributed by atoms with Gasteiger partial charge < -0.3 is 4.74 Å². The van der Waals surface area contributed by atoms with Crippen LogP contribution in [0.3, 0.4) is 0 Å². The summed E-state index contributed by atoms with van der Waals surface area (Å²) < 4.78 is 6.44. The van der Waals surface area contributed by atoms with Gasteiger partial charge in [-0.3, -0.25) is 0 Å². The smallest absolute Gasteiger partial charge is 0.124 e. The molecule has 0 aromatic heterocycles.